The molecule has 0 aliphatic carbocycles. The second-order valence-electron chi connectivity index (χ2n) is 8.51. The van der Waals surface area contributed by atoms with E-state index in [0.717, 1.165) is 29.7 Å². The Hall–Kier alpha value is -3.81. The standard InChI is InChI=1S/C26H27N3O5/c1-32-21-6-2-4-18(14-21)15-26(31)28-11-3-5-20(28)17-29-25(30)10-8-22(27-29)19-7-9-23-24(16-19)34-13-12-33-23/h2,4,6-10,14,16,20H,3,5,11-13,15,17H2,1H3/t20-/m0/s1. The van der Waals surface area contributed by atoms with Crippen molar-refractivity contribution in [2.75, 3.05) is 26.9 Å². The number of carbonyl (C=O) groups is 1. The van der Waals surface area contributed by atoms with Gasteiger partial charge in [0.1, 0.15) is 19.0 Å². The lowest BCUT2D eigenvalue weighted by Crippen LogP contribution is -2.41. The minimum Gasteiger partial charge on any atom is -0.497 e. The van der Waals surface area contributed by atoms with E-state index < -0.39 is 0 Å². The fourth-order valence-corrected chi connectivity index (χ4v) is 4.55. The molecule has 3 heterocycles. The fraction of sp³-hybridized carbons (Fsp3) is 0.346. The third kappa shape index (κ3) is 4.62. The Kier molecular flexibility index (Phi) is 6.20. The van der Waals surface area contributed by atoms with Crippen LogP contribution in [0.3, 0.4) is 0 Å². The Labute approximate surface area is 197 Å². The van der Waals surface area contributed by atoms with Gasteiger partial charge in [0.2, 0.25) is 5.91 Å². The van der Waals surface area contributed by atoms with Gasteiger partial charge in [-0.05, 0) is 54.8 Å². The third-order valence-corrected chi connectivity index (χ3v) is 6.28. The van der Waals surface area contributed by atoms with E-state index in [1.165, 1.54) is 10.7 Å². The van der Waals surface area contributed by atoms with Crippen LogP contribution in [0.25, 0.3) is 11.3 Å². The van der Waals surface area contributed by atoms with Gasteiger partial charge in [0.25, 0.3) is 5.56 Å². The smallest absolute Gasteiger partial charge is 0.266 e. The zero-order chi connectivity index (χ0) is 23.5. The van der Waals surface area contributed by atoms with Gasteiger partial charge >= 0.3 is 0 Å². The van der Waals surface area contributed by atoms with Crippen LogP contribution in [0, 0.1) is 0 Å². The van der Waals surface area contributed by atoms with Crippen LogP contribution >= 0.6 is 0 Å². The lowest BCUT2D eigenvalue weighted by atomic mass is 10.1. The van der Waals surface area contributed by atoms with Gasteiger partial charge < -0.3 is 19.1 Å². The molecular formula is C26H27N3O5. The van der Waals surface area contributed by atoms with Crippen molar-refractivity contribution in [3.8, 4) is 28.5 Å². The van der Waals surface area contributed by atoms with Crippen molar-refractivity contribution in [2.45, 2.75) is 31.8 Å². The molecule has 3 aromatic rings. The van der Waals surface area contributed by atoms with Gasteiger partial charge in [-0.15, -0.1) is 0 Å². The second kappa shape index (κ2) is 9.59. The van der Waals surface area contributed by atoms with Crippen molar-refractivity contribution >= 4 is 5.91 Å². The highest BCUT2D eigenvalue weighted by atomic mass is 16.6. The van der Waals surface area contributed by atoms with E-state index in [4.69, 9.17) is 14.2 Å². The number of nitrogens with zero attached hydrogens (tertiary/aromatic N) is 3. The number of likely N-dealkylation sites (tertiary alicyclic amines) is 1. The summed E-state index contributed by atoms with van der Waals surface area (Å²) in [6, 6.07) is 16.4. The molecule has 8 heteroatoms. The second-order valence-corrected chi connectivity index (χ2v) is 8.51. The lowest BCUT2D eigenvalue weighted by molar-refractivity contribution is -0.131. The third-order valence-electron chi connectivity index (χ3n) is 6.28. The maximum absolute atomic E-state index is 13.1. The first-order valence-electron chi connectivity index (χ1n) is 11.5. The van der Waals surface area contributed by atoms with Gasteiger partial charge in [0.15, 0.2) is 11.5 Å². The van der Waals surface area contributed by atoms with Gasteiger partial charge in [-0.25, -0.2) is 4.68 Å². The molecule has 0 bridgehead atoms. The normalized spacial score (nSPS) is 17.0. The number of hydrogen-bond donors (Lipinski definition) is 0. The van der Waals surface area contributed by atoms with Crippen LogP contribution in [0.4, 0.5) is 0 Å². The molecule has 1 amide bonds. The van der Waals surface area contributed by atoms with Crippen LogP contribution in [0.1, 0.15) is 18.4 Å². The molecule has 8 nitrogen and oxygen atoms in total. The number of methoxy groups -OCH3 is 1. The first-order valence-corrected chi connectivity index (χ1v) is 11.5. The van der Waals surface area contributed by atoms with Gasteiger partial charge in [-0.2, -0.15) is 5.10 Å². The molecule has 5 rings (SSSR count). The molecule has 0 saturated carbocycles. The molecule has 176 valence electrons. The van der Waals surface area contributed by atoms with Crippen molar-refractivity contribution < 1.29 is 19.0 Å². The van der Waals surface area contributed by atoms with Crippen molar-refractivity contribution in [3.05, 3.63) is 70.5 Å². The molecule has 1 fully saturated rings. The molecule has 1 saturated heterocycles. The van der Waals surface area contributed by atoms with E-state index in [9.17, 15) is 9.59 Å². The first kappa shape index (κ1) is 22.0. The average molecular weight is 462 g/mol. The summed E-state index contributed by atoms with van der Waals surface area (Å²) >= 11 is 0. The Morgan fingerprint density at radius 3 is 2.79 bits per heavy atom. The van der Waals surface area contributed by atoms with E-state index in [2.05, 4.69) is 5.10 Å². The number of carbonyl (C=O) groups excluding carboxylic acids is 1. The van der Waals surface area contributed by atoms with E-state index in [1.807, 2.05) is 47.4 Å². The van der Waals surface area contributed by atoms with Crippen LogP contribution in [0.5, 0.6) is 17.2 Å². The van der Waals surface area contributed by atoms with E-state index in [0.29, 0.717) is 49.9 Å². The highest BCUT2D eigenvalue weighted by molar-refractivity contribution is 5.79. The number of fused-ring (bicyclic) bond motifs is 1. The minimum absolute atomic E-state index is 0.0480. The van der Waals surface area contributed by atoms with E-state index in [1.54, 1.807) is 13.2 Å². The quantitative estimate of drug-likeness (QED) is 0.561. The maximum Gasteiger partial charge on any atom is 0.266 e. The van der Waals surface area contributed by atoms with Crippen LogP contribution < -0.4 is 19.8 Å². The van der Waals surface area contributed by atoms with Crippen LogP contribution in [-0.2, 0) is 17.8 Å². The molecule has 0 radical (unpaired) electrons. The minimum atomic E-state index is -0.187. The molecule has 34 heavy (non-hydrogen) atoms. The van der Waals surface area contributed by atoms with Gasteiger partial charge in [-0.1, -0.05) is 12.1 Å². The zero-order valence-corrected chi connectivity index (χ0v) is 19.1. The van der Waals surface area contributed by atoms with Crippen molar-refractivity contribution in [1.29, 1.82) is 0 Å². The molecule has 0 N–H and O–H groups in total. The van der Waals surface area contributed by atoms with Crippen molar-refractivity contribution in [2.24, 2.45) is 0 Å². The SMILES string of the molecule is COc1cccc(CC(=O)N2CCC[C@H]2Cn2nc(-c3ccc4c(c3)OCCO4)ccc2=O)c1. The molecule has 0 spiro atoms. The van der Waals surface area contributed by atoms with Gasteiger partial charge in [-0.3, -0.25) is 9.59 Å². The Balaban J connectivity index is 1.33. The summed E-state index contributed by atoms with van der Waals surface area (Å²) in [4.78, 5) is 27.6. The van der Waals surface area contributed by atoms with Crippen LogP contribution in [0.15, 0.2) is 59.4 Å². The maximum atomic E-state index is 13.1. The molecule has 1 atom stereocenters. The summed E-state index contributed by atoms with van der Waals surface area (Å²) in [5, 5.41) is 4.61. The number of rotatable bonds is 6. The monoisotopic (exact) mass is 461 g/mol. The van der Waals surface area contributed by atoms with Crippen LogP contribution in [0.2, 0.25) is 0 Å². The number of benzene rings is 2. The molecule has 2 aliphatic rings. The molecule has 2 aromatic carbocycles. The topological polar surface area (TPSA) is 82.9 Å². The van der Waals surface area contributed by atoms with Crippen LogP contribution in [-0.4, -0.2) is 53.5 Å². The van der Waals surface area contributed by atoms with Crippen molar-refractivity contribution in [1.82, 2.24) is 14.7 Å². The number of aromatic nitrogens is 2. The Bertz CT molecular complexity index is 1260. The number of amides is 1. The Morgan fingerprint density at radius 2 is 1.94 bits per heavy atom. The van der Waals surface area contributed by atoms with Crippen molar-refractivity contribution in [3.63, 3.8) is 0 Å². The summed E-state index contributed by atoms with van der Waals surface area (Å²) in [5.41, 5.74) is 2.23. The number of ether oxygens (including phenoxy) is 3. The summed E-state index contributed by atoms with van der Waals surface area (Å²) in [6.45, 7) is 2.08. The highest BCUT2D eigenvalue weighted by Crippen LogP contribution is 2.33. The lowest BCUT2D eigenvalue weighted by Gasteiger charge is -2.25. The number of hydrogen-bond acceptors (Lipinski definition) is 6. The first-order chi connectivity index (χ1) is 16.6. The molecule has 2 aliphatic heterocycles. The predicted molar refractivity (Wildman–Crippen MR) is 126 cm³/mol. The predicted octanol–water partition coefficient (Wildman–Crippen LogP) is 2.92. The van der Waals surface area contributed by atoms with E-state index >= 15 is 0 Å². The summed E-state index contributed by atoms with van der Waals surface area (Å²) in [6.07, 6.45) is 2.05. The molecule has 0 unspecified atom stereocenters. The van der Waals surface area contributed by atoms with E-state index in [-0.39, 0.29) is 17.5 Å². The molecular weight excluding hydrogens is 434 g/mol. The van der Waals surface area contributed by atoms with Gasteiger partial charge in [0.05, 0.1) is 31.8 Å². The largest absolute Gasteiger partial charge is 0.497 e. The fourth-order valence-electron chi connectivity index (χ4n) is 4.55. The van der Waals surface area contributed by atoms with Gasteiger partial charge in [0, 0.05) is 18.2 Å². The Morgan fingerprint density at radius 1 is 1.09 bits per heavy atom. The average Bonchev–Trinajstić information content (AvgIpc) is 3.33. The molecule has 1 aromatic heterocycles. The zero-order valence-electron chi connectivity index (χ0n) is 19.1. The summed E-state index contributed by atoms with van der Waals surface area (Å²) < 4.78 is 18.0. The highest BCUT2D eigenvalue weighted by Gasteiger charge is 2.29. The summed E-state index contributed by atoms with van der Waals surface area (Å²) in [7, 11) is 1.61. The summed E-state index contributed by atoms with van der Waals surface area (Å²) in [5.74, 6) is 2.16.